The van der Waals surface area contributed by atoms with Crippen LogP contribution in [0.5, 0.6) is 11.5 Å². The summed E-state index contributed by atoms with van der Waals surface area (Å²) in [7, 11) is -1.37. The first-order chi connectivity index (χ1) is 20.7. The minimum Gasteiger partial charge on any atom is -0.497 e. The maximum Gasteiger partial charge on any atom is 0.266 e. The van der Waals surface area contributed by atoms with Gasteiger partial charge < -0.3 is 9.47 Å². The first-order valence-corrected chi connectivity index (χ1v) is 14.8. The second-order valence-corrected chi connectivity index (χ2v) is 11.9. The molecule has 2 atom stereocenters. The molecule has 0 unspecified atom stereocenters. The summed E-state index contributed by atoms with van der Waals surface area (Å²) in [5.74, 6) is -0.918. The molecule has 11 heteroatoms. The van der Waals surface area contributed by atoms with Gasteiger partial charge in [-0.2, -0.15) is 0 Å². The van der Waals surface area contributed by atoms with Gasteiger partial charge in [0.25, 0.3) is 27.7 Å². The Morgan fingerprint density at radius 3 is 1.70 bits per heavy atom. The Bertz CT molecular complexity index is 1800. The number of amides is 3. The number of imide groups is 1. The van der Waals surface area contributed by atoms with E-state index in [0.29, 0.717) is 17.2 Å². The van der Waals surface area contributed by atoms with E-state index < -0.39 is 40.0 Å². The van der Waals surface area contributed by atoms with Crippen molar-refractivity contribution >= 4 is 39.1 Å². The van der Waals surface area contributed by atoms with Crippen LogP contribution >= 0.6 is 0 Å². The molecule has 0 aliphatic carbocycles. The molecule has 3 amide bonds. The Morgan fingerprint density at radius 2 is 1.19 bits per heavy atom. The minimum absolute atomic E-state index is 0.0240. The Hall–Kier alpha value is -5.16. The van der Waals surface area contributed by atoms with Crippen LogP contribution in [-0.2, 0) is 14.8 Å². The summed E-state index contributed by atoms with van der Waals surface area (Å²) in [6.45, 7) is 1.84. The van der Waals surface area contributed by atoms with Gasteiger partial charge in [-0.25, -0.2) is 12.7 Å². The average molecular weight is 598 g/mol. The Labute approximate surface area is 248 Å². The number of anilines is 2. The quantitative estimate of drug-likeness (QED) is 0.221. The number of aryl methyl sites for hydroxylation is 1. The predicted molar refractivity (Wildman–Crippen MR) is 159 cm³/mol. The van der Waals surface area contributed by atoms with Crippen LogP contribution in [0.2, 0.25) is 0 Å². The number of carbonyl (C=O) groups excluding carboxylic acids is 3. The van der Waals surface area contributed by atoms with Crippen molar-refractivity contribution in [2.75, 3.05) is 23.4 Å². The van der Waals surface area contributed by atoms with Crippen LogP contribution in [0.4, 0.5) is 11.4 Å². The van der Waals surface area contributed by atoms with Gasteiger partial charge in [0.15, 0.2) is 12.2 Å². The van der Waals surface area contributed by atoms with Crippen molar-refractivity contribution in [1.29, 1.82) is 0 Å². The highest BCUT2D eigenvalue weighted by Gasteiger charge is 2.61. The largest absolute Gasteiger partial charge is 0.497 e. The SMILES string of the molecule is COc1ccc(N2C(=O)[C@H](N3C(=O)c4ccccc4C3=O)[C@@H]2N(c2ccc(OC)cc2)S(=O)(=O)c2ccc(C)cc2)cc1. The van der Waals surface area contributed by atoms with Gasteiger partial charge in [-0.05, 0) is 79.7 Å². The van der Waals surface area contributed by atoms with Crippen LogP contribution in [0, 0.1) is 6.92 Å². The van der Waals surface area contributed by atoms with E-state index >= 15 is 0 Å². The number of ether oxygens (including phenoxy) is 2. The molecule has 2 aliphatic rings. The number of hydrogen-bond acceptors (Lipinski definition) is 7. The fourth-order valence-corrected chi connectivity index (χ4v) is 7.01. The third-order valence-corrected chi connectivity index (χ3v) is 9.45. The predicted octanol–water partition coefficient (Wildman–Crippen LogP) is 4.25. The lowest BCUT2D eigenvalue weighted by Gasteiger charge is -2.53. The molecule has 1 saturated heterocycles. The summed E-state index contributed by atoms with van der Waals surface area (Å²) in [5.41, 5.74) is 1.73. The number of benzene rings is 4. The summed E-state index contributed by atoms with van der Waals surface area (Å²) in [5, 5.41) is 0. The lowest BCUT2D eigenvalue weighted by Crippen LogP contribution is -2.77. The van der Waals surface area contributed by atoms with Crippen LogP contribution in [-0.4, -0.2) is 57.5 Å². The maximum atomic E-state index is 14.5. The van der Waals surface area contributed by atoms with Gasteiger partial charge in [0, 0.05) is 5.69 Å². The zero-order chi connectivity index (χ0) is 30.5. The third-order valence-electron chi connectivity index (χ3n) is 7.64. The average Bonchev–Trinajstić information content (AvgIpc) is 3.27. The molecule has 43 heavy (non-hydrogen) atoms. The standard InChI is InChI=1S/C32H27N3O7S/c1-20-8-18-25(19-9-20)43(39,40)35(22-12-16-24(42-3)17-13-22)29-28(32(38)33(29)21-10-14-23(41-2)15-11-21)34-30(36)26-6-4-5-7-27(26)31(34)37/h4-19,28-29H,1-3H3/t28-,29+/m1/s1. The molecular formula is C32H27N3O7S. The van der Waals surface area contributed by atoms with Crippen molar-refractivity contribution in [2.45, 2.75) is 24.0 Å². The zero-order valence-electron chi connectivity index (χ0n) is 23.5. The van der Waals surface area contributed by atoms with Crippen molar-refractivity contribution < 1.29 is 32.3 Å². The molecule has 10 nitrogen and oxygen atoms in total. The highest BCUT2D eigenvalue weighted by atomic mass is 32.2. The van der Waals surface area contributed by atoms with Gasteiger partial charge >= 0.3 is 0 Å². The van der Waals surface area contributed by atoms with E-state index in [9.17, 15) is 22.8 Å². The summed E-state index contributed by atoms with van der Waals surface area (Å²) in [6.07, 6.45) is -1.32. The monoisotopic (exact) mass is 597 g/mol. The first kappa shape index (κ1) is 28.0. The van der Waals surface area contributed by atoms with Crippen molar-refractivity contribution in [3.63, 3.8) is 0 Å². The Balaban J connectivity index is 1.55. The number of β-lactam (4-membered cyclic amide) rings is 1. The molecule has 0 aromatic heterocycles. The van der Waals surface area contributed by atoms with Crippen LogP contribution in [0.25, 0.3) is 0 Å². The van der Waals surface area contributed by atoms with Gasteiger partial charge in [0.1, 0.15) is 11.5 Å². The normalized spacial score (nSPS) is 17.9. The molecule has 4 aromatic rings. The second kappa shape index (κ2) is 10.6. The highest BCUT2D eigenvalue weighted by molar-refractivity contribution is 7.92. The third kappa shape index (κ3) is 4.49. The molecule has 4 aromatic carbocycles. The molecule has 2 heterocycles. The fraction of sp³-hybridized carbons (Fsp3) is 0.156. The minimum atomic E-state index is -4.37. The van der Waals surface area contributed by atoms with Gasteiger partial charge in [0.2, 0.25) is 0 Å². The van der Waals surface area contributed by atoms with Crippen molar-refractivity contribution in [2.24, 2.45) is 0 Å². The van der Waals surface area contributed by atoms with E-state index in [-0.39, 0.29) is 21.7 Å². The van der Waals surface area contributed by atoms with Crippen molar-refractivity contribution in [3.05, 3.63) is 114 Å². The van der Waals surface area contributed by atoms with E-state index in [2.05, 4.69) is 0 Å². The lowest BCUT2D eigenvalue weighted by molar-refractivity contribution is -0.129. The molecule has 2 aliphatic heterocycles. The Kier molecular flexibility index (Phi) is 6.89. The topological polar surface area (TPSA) is 114 Å². The molecule has 0 saturated carbocycles. The van der Waals surface area contributed by atoms with E-state index in [1.54, 1.807) is 72.8 Å². The molecule has 218 valence electrons. The summed E-state index contributed by atoms with van der Waals surface area (Å²) in [6, 6.07) is 24.0. The first-order valence-electron chi connectivity index (χ1n) is 13.4. The number of carbonyl (C=O) groups is 3. The maximum absolute atomic E-state index is 14.5. The zero-order valence-corrected chi connectivity index (χ0v) is 24.3. The number of rotatable bonds is 8. The number of hydrogen-bond donors (Lipinski definition) is 0. The van der Waals surface area contributed by atoms with Crippen LogP contribution in [0.3, 0.4) is 0 Å². The summed E-state index contributed by atoms with van der Waals surface area (Å²) >= 11 is 0. The number of sulfonamides is 1. The van der Waals surface area contributed by atoms with Gasteiger partial charge in [-0.15, -0.1) is 0 Å². The number of nitrogens with zero attached hydrogens (tertiary/aromatic N) is 3. The van der Waals surface area contributed by atoms with Gasteiger partial charge in [-0.3, -0.25) is 24.2 Å². The molecule has 0 spiro atoms. The van der Waals surface area contributed by atoms with E-state index in [1.807, 2.05) is 6.92 Å². The van der Waals surface area contributed by atoms with Gasteiger partial charge in [-0.1, -0.05) is 29.8 Å². The van der Waals surface area contributed by atoms with Gasteiger partial charge in [0.05, 0.1) is 35.9 Å². The molecule has 0 bridgehead atoms. The van der Waals surface area contributed by atoms with Crippen LogP contribution in [0.15, 0.2) is 102 Å². The summed E-state index contributed by atoms with van der Waals surface area (Å²) < 4.78 is 40.7. The van der Waals surface area contributed by atoms with E-state index in [1.165, 1.54) is 43.4 Å². The number of methoxy groups -OCH3 is 2. The van der Waals surface area contributed by atoms with Crippen molar-refractivity contribution in [1.82, 2.24) is 4.90 Å². The molecule has 6 rings (SSSR count). The fourth-order valence-electron chi connectivity index (χ4n) is 5.41. The lowest BCUT2D eigenvalue weighted by atomic mass is 9.98. The molecule has 1 fully saturated rings. The molecule has 0 N–H and O–H groups in total. The van der Waals surface area contributed by atoms with Crippen molar-refractivity contribution in [3.8, 4) is 11.5 Å². The van der Waals surface area contributed by atoms with Crippen LogP contribution in [0.1, 0.15) is 26.3 Å². The number of fused-ring (bicyclic) bond motifs is 1. The smallest absolute Gasteiger partial charge is 0.266 e. The van der Waals surface area contributed by atoms with E-state index in [4.69, 9.17) is 9.47 Å². The Morgan fingerprint density at radius 1 is 0.674 bits per heavy atom. The highest BCUT2D eigenvalue weighted by Crippen LogP contribution is 2.42. The van der Waals surface area contributed by atoms with E-state index in [0.717, 1.165) is 14.8 Å². The molecular weight excluding hydrogens is 570 g/mol. The second-order valence-electron chi connectivity index (χ2n) is 10.1. The molecule has 0 radical (unpaired) electrons. The van der Waals surface area contributed by atoms with Crippen LogP contribution < -0.4 is 18.7 Å². The summed E-state index contributed by atoms with van der Waals surface area (Å²) in [4.78, 5) is 43.3.